The average molecular weight is 374 g/mol. The first-order chi connectivity index (χ1) is 13.6. The molecule has 1 aliphatic heterocycles. The van der Waals surface area contributed by atoms with Crippen molar-refractivity contribution in [3.63, 3.8) is 0 Å². The van der Waals surface area contributed by atoms with Gasteiger partial charge in [0, 0.05) is 11.9 Å². The molecule has 0 aromatic heterocycles. The van der Waals surface area contributed by atoms with Gasteiger partial charge >= 0.3 is 5.97 Å². The largest absolute Gasteiger partial charge is 0.480 e. The molecule has 0 radical (unpaired) electrons. The van der Waals surface area contributed by atoms with Crippen LogP contribution in [0.15, 0.2) is 66.7 Å². The van der Waals surface area contributed by atoms with Crippen molar-refractivity contribution in [2.75, 3.05) is 4.90 Å². The zero-order chi connectivity index (χ0) is 19.7. The van der Waals surface area contributed by atoms with Crippen LogP contribution in [0.1, 0.15) is 18.1 Å². The van der Waals surface area contributed by atoms with Crippen LogP contribution in [0.4, 0.5) is 5.69 Å². The summed E-state index contributed by atoms with van der Waals surface area (Å²) in [6.07, 6.45) is 0.544. The van der Waals surface area contributed by atoms with Crippen LogP contribution in [-0.4, -0.2) is 29.1 Å². The summed E-state index contributed by atoms with van der Waals surface area (Å²) in [6, 6.07) is 19.9. The van der Waals surface area contributed by atoms with Crippen molar-refractivity contribution < 1.29 is 14.7 Å². The predicted octanol–water partition coefficient (Wildman–Crippen LogP) is 3.36. The van der Waals surface area contributed by atoms with E-state index in [-0.39, 0.29) is 5.91 Å². The summed E-state index contributed by atoms with van der Waals surface area (Å²) in [7, 11) is 0. The second-order valence-corrected chi connectivity index (χ2v) is 7.13. The average Bonchev–Trinajstić information content (AvgIpc) is 2.73. The van der Waals surface area contributed by atoms with E-state index in [2.05, 4.69) is 5.32 Å². The number of carbonyl (C=O) groups is 2. The summed E-state index contributed by atoms with van der Waals surface area (Å²) >= 11 is 0. The third-order valence-electron chi connectivity index (χ3n) is 5.39. The molecule has 142 valence electrons. The lowest BCUT2D eigenvalue weighted by Crippen LogP contribution is -2.54. The van der Waals surface area contributed by atoms with E-state index in [9.17, 15) is 14.7 Å². The van der Waals surface area contributed by atoms with Crippen LogP contribution in [0, 0.1) is 0 Å². The fourth-order valence-corrected chi connectivity index (χ4v) is 3.84. The number of carboxylic acid groups (broad SMARTS) is 1. The second kappa shape index (κ2) is 7.44. The number of carboxylic acids is 1. The Morgan fingerprint density at radius 1 is 1.00 bits per heavy atom. The standard InChI is InChI=1S/C23H22N2O3/c1-15(23(27)28)25(21-12-6-10-16-7-4-5-11-19(16)21)22(26)20-13-17-8-2-3-9-18(17)14-24-20/h2-12,15,20,24H,13-14H2,1H3,(H,27,28)/t15?,20-/m0/s1. The van der Waals surface area contributed by atoms with Crippen molar-refractivity contribution in [3.05, 3.63) is 77.9 Å². The Kier molecular flexibility index (Phi) is 4.84. The van der Waals surface area contributed by atoms with Gasteiger partial charge in [-0.3, -0.25) is 9.69 Å². The summed E-state index contributed by atoms with van der Waals surface area (Å²) in [5.41, 5.74) is 2.92. The minimum atomic E-state index is -1.03. The van der Waals surface area contributed by atoms with Crippen LogP contribution in [0.25, 0.3) is 10.8 Å². The number of nitrogens with zero attached hydrogens (tertiary/aromatic N) is 1. The first kappa shape index (κ1) is 18.2. The normalized spacial score (nSPS) is 17.0. The molecule has 0 fully saturated rings. The molecule has 4 rings (SSSR count). The topological polar surface area (TPSA) is 69.6 Å². The van der Waals surface area contributed by atoms with Gasteiger partial charge in [-0.15, -0.1) is 0 Å². The van der Waals surface area contributed by atoms with Crippen LogP contribution in [0.2, 0.25) is 0 Å². The predicted molar refractivity (Wildman–Crippen MR) is 109 cm³/mol. The summed E-state index contributed by atoms with van der Waals surface area (Å²) in [4.78, 5) is 26.7. The van der Waals surface area contributed by atoms with E-state index >= 15 is 0 Å². The lowest BCUT2D eigenvalue weighted by Gasteiger charge is -2.33. The maximum atomic E-state index is 13.5. The lowest BCUT2D eigenvalue weighted by atomic mass is 9.94. The summed E-state index contributed by atoms with van der Waals surface area (Å²) in [6.45, 7) is 2.15. The zero-order valence-electron chi connectivity index (χ0n) is 15.6. The van der Waals surface area contributed by atoms with Crippen LogP contribution in [0.5, 0.6) is 0 Å². The van der Waals surface area contributed by atoms with Crippen molar-refractivity contribution in [1.29, 1.82) is 0 Å². The number of anilines is 1. The molecule has 0 saturated heterocycles. The molecule has 0 aliphatic carbocycles. The Labute approximate surface area is 163 Å². The van der Waals surface area contributed by atoms with E-state index < -0.39 is 18.1 Å². The Morgan fingerprint density at radius 2 is 1.68 bits per heavy atom. The van der Waals surface area contributed by atoms with Crippen molar-refractivity contribution in [3.8, 4) is 0 Å². The number of fused-ring (bicyclic) bond motifs is 2. The van der Waals surface area contributed by atoms with Crippen molar-refractivity contribution in [1.82, 2.24) is 5.32 Å². The molecule has 2 atom stereocenters. The number of rotatable bonds is 4. The van der Waals surface area contributed by atoms with Crippen LogP contribution < -0.4 is 10.2 Å². The number of benzene rings is 3. The Balaban J connectivity index is 1.75. The van der Waals surface area contributed by atoms with E-state index in [1.807, 2.05) is 66.7 Å². The third kappa shape index (κ3) is 3.25. The van der Waals surface area contributed by atoms with Gasteiger partial charge in [0.05, 0.1) is 11.7 Å². The highest BCUT2D eigenvalue weighted by molar-refractivity contribution is 6.08. The van der Waals surface area contributed by atoms with Crippen molar-refractivity contribution in [2.24, 2.45) is 0 Å². The number of amides is 1. The smallest absolute Gasteiger partial charge is 0.326 e. The maximum absolute atomic E-state index is 13.5. The lowest BCUT2D eigenvalue weighted by molar-refractivity contribution is -0.139. The van der Waals surface area contributed by atoms with E-state index in [0.717, 1.165) is 16.3 Å². The second-order valence-electron chi connectivity index (χ2n) is 7.13. The van der Waals surface area contributed by atoms with Gasteiger partial charge < -0.3 is 10.4 Å². The van der Waals surface area contributed by atoms with E-state index in [4.69, 9.17) is 0 Å². The molecule has 2 N–H and O–H groups in total. The van der Waals surface area contributed by atoms with Crippen molar-refractivity contribution in [2.45, 2.75) is 32.0 Å². The van der Waals surface area contributed by atoms with Gasteiger partial charge in [0.1, 0.15) is 6.04 Å². The van der Waals surface area contributed by atoms with E-state index in [1.165, 1.54) is 10.5 Å². The molecule has 5 nitrogen and oxygen atoms in total. The highest BCUT2D eigenvalue weighted by Gasteiger charge is 2.34. The van der Waals surface area contributed by atoms with Crippen LogP contribution in [0.3, 0.4) is 0 Å². The van der Waals surface area contributed by atoms with Gasteiger partial charge in [-0.2, -0.15) is 0 Å². The monoisotopic (exact) mass is 374 g/mol. The molecular formula is C23H22N2O3. The van der Waals surface area contributed by atoms with Gasteiger partial charge in [0.15, 0.2) is 0 Å². The molecule has 1 unspecified atom stereocenters. The quantitative estimate of drug-likeness (QED) is 0.735. The van der Waals surface area contributed by atoms with E-state index in [1.54, 1.807) is 6.92 Å². The van der Waals surface area contributed by atoms with Gasteiger partial charge in [0.25, 0.3) is 0 Å². The van der Waals surface area contributed by atoms with Gasteiger partial charge in [-0.05, 0) is 35.9 Å². The molecule has 1 amide bonds. The molecule has 28 heavy (non-hydrogen) atoms. The molecular weight excluding hydrogens is 352 g/mol. The first-order valence-corrected chi connectivity index (χ1v) is 9.40. The van der Waals surface area contributed by atoms with Crippen LogP contribution >= 0.6 is 0 Å². The molecule has 0 saturated carbocycles. The van der Waals surface area contributed by atoms with E-state index in [0.29, 0.717) is 18.7 Å². The maximum Gasteiger partial charge on any atom is 0.326 e. The molecule has 3 aromatic rings. The number of hydrogen-bond donors (Lipinski definition) is 2. The number of carbonyl (C=O) groups excluding carboxylic acids is 1. The van der Waals surface area contributed by atoms with Gasteiger partial charge in [-0.1, -0.05) is 60.7 Å². The number of hydrogen-bond acceptors (Lipinski definition) is 3. The van der Waals surface area contributed by atoms with Crippen LogP contribution in [-0.2, 0) is 22.6 Å². The summed E-state index contributed by atoms with van der Waals surface area (Å²) < 4.78 is 0. The Morgan fingerprint density at radius 3 is 2.46 bits per heavy atom. The van der Waals surface area contributed by atoms with Gasteiger partial charge in [0.2, 0.25) is 5.91 Å². The minimum Gasteiger partial charge on any atom is -0.480 e. The molecule has 1 aliphatic rings. The first-order valence-electron chi connectivity index (χ1n) is 9.40. The highest BCUT2D eigenvalue weighted by atomic mass is 16.4. The summed E-state index contributed by atoms with van der Waals surface area (Å²) in [5, 5.41) is 14.8. The molecule has 3 aromatic carbocycles. The molecule has 5 heteroatoms. The molecule has 0 bridgehead atoms. The third-order valence-corrected chi connectivity index (χ3v) is 5.39. The zero-order valence-corrected chi connectivity index (χ0v) is 15.6. The fourth-order valence-electron chi connectivity index (χ4n) is 3.84. The van der Waals surface area contributed by atoms with Gasteiger partial charge in [-0.25, -0.2) is 4.79 Å². The Hall–Kier alpha value is -3.18. The Bertz CT molecular complexity index is 1040. The number of aliphatic carboxylic acids is 1. The fraction of sp³-hybridized carbons (Fsp3) is 0.217. The SMILES string of the molecule is CC(C(=O)O)N(C(=O)[C@@H]1Cc2ccccc2CN1)c1cccc2ccccc12. The minimum absolute atomic E-state index is 0.222. The molecule has 0 spiro atoms. The highest BCUT2D eigenvalue weighted by Crippen LogP contribution is 2.30. The summed E-state index contributed by atoms with van der Waals surface area (Å²) in [5.74, 6) is -1.25. The van der Waals surface area contributed by atoms with Crippen molar-refractivity contribution >= 4 is 28.3 Å². The number of nitrogens with one attached hydrogen (secondary N) is 1. The molecule has 1 heterocycles.